The van der Waals surface area contributed by atoms with E-state index in [0.29, 0.717) is 10.6 Å². The molecule has 76 valence electrons. The van der Waals surface area contributed by atoms with Gasteiger partial charge in [0.15, 0.2) is 5.60 Å². The van der Waals surface area contributed by atoms with Gasteiger partial charge in [-0.05, 0) is 31.0 Å². The van der Waals surface area contributed by atoms with Crippen LogP contribution in [0.25, 0.3) is 0 Å². The molecule has 1 atom stereocenters. The molecule has 4 heteroatoms. The molecule has 0 bridgehead atoms. The van der Waals surface area contributed by atoms with E-state index < -0.39 is 11.6 Å². The van der Waals surface area contributed by atoms with Gasteiger partial charge < -0.3 is 10.2 Å². The van der Waals surface area contributed by atoms with Gasteiger partial charge in [0.2, 0.25) is 0 Å². The van der Waals surface area contributed by atoms with Gasteiger partial charge in [0, 0.05) is 5.02 Å². The monoisotopic (exact) mass is 214 g/mol. The molecule has 0 radical (unpaired) electrons. The second kappa shape index (κ2) is 3.59. The van der Waals surface area contributed by atoms with Crippen molar-refractivity contribution < 1.29 is 15.0 Å². The molecule has 0 amide bonds. The lowest BCUT2D eigenvalue weighted by molar-refractivity contribution is -0.157. The molecule has 0 aromatic heterocycles. The van der Waals surface area contributed by atoms with Crippen LogP contribution in [0.5, 0.6) is 0 Å². The number of aliphatic hydroxyl groups is 1. The molecule has 1 aromatic carbocycles. The zero-order valence-electron chi connectivity index (χ0n) is 7.91. The highest BCUT2D eigenvalue weighted by Crippen LogP contribution is 2.25. The van der Waals surface area contributed by atoms with Gasteiger partial charge in [-0.2, -0.15) is 0 Å². The van der Waals surface area contributed by atoms with Gasteiger partial charge in [-0.15, -0.1) is 0 Å². The summed E-state index contributed by atoms with van der Waals surface area (Å²) < 4.78 is 0. The maximum Gasteiger partial charge on any atom is 0.340 e. The van der Waals surface area contributed by atoms with Crippen molar-refractivity contribution in [2.45, 2.75) is 19.4 Å². The van der Waals surface area contributed by atoms with Crippen molar-refractivity contribution in [3.63, 3.8) is 0 Å². The molecule has 3 nitrogen and oxygen atoms in total. The van der Waals surface area contributed by atoms with E-state index in [-0.39, 0.29) is 0 Å². The molecular formula is C10H11ClO3. The number of hydrogen-bond acceptors (Lipinski definition) is 2. The Balaban J connectivity index is 3.21. The number of carboxylic acid groups (broad SMARTS) is 1. The summed E-state index contributed by atoms with van der Waals surface area (Å²) in [4.78, 5) is 10.7. The third-order valence-electron chi connectivity index (χ3n) is 2.14. The van der Waals surface area contributed by atoms with E-state index in [4.69, 9.17) is 16.7 Å². The fourth-order valence-corrected chi connectivity index (χ4v) is 1.19. The Bertz CT molecular complexity index is 372. The maximum atomic E-state index is 10.7. The molecular weight excluding hydrogens is 204 g/mol. The Morgan fingerprint density at radius 2 is 2.07 bits per heavy atom. The molecule has 1 unspecified atom stereocenters. The molecule has 0 saturated carbocycles. The minimum absolute atomic E-state index is 0.326. The molecule has 0 heterocycles. The Labute approximate surface area is 86.9 Å². The second-order valence-corrected chi connectivity index (χ2v) is 3.75. The molecule has 1 rings (SSSR count). The number of aliphatic carboxylic acids is 1. The van der Waals surface area contributed by atoms with E-state index in [1.807, 2.05) is 0 Å². The number of aryl methyl sites for hydroxylation is 1. The van der Waals surface area contributed by atoms with Crippen molar-refractivity contribution in [1.82, 2.24) is 0 Å². The van der Waals surface area contributed by atoms with Crippen molar-refractivity contribution >= 4 is 17.6 Å². The summed E-state index contributed by atoms with van der Waals surface area (Å²) >= 11 is 5.78. The number of halogens is 1. The molecule has 0 saturated heterocycles. The molecule has 2 N–H and O–H groups in total. The molecule has 0 aliphatic heterocycles. The lowest BCUT2D eigenvalue weighted by atomic mass is 9.95. The van der Waals surface area contributed by atoms with Crippen LogP contribution in [0.15, 0.2) is 18.2 Å². The summed E-state index contributed by atoms with van der Waals surface area (Å²) in [6.45, 7) is 2.99. The minimum atomic E-state index is -1.87. The Morgan fingerprint density at radius 1 is 1.50 bits per heavy atom. The molecule has 0 spiro atoms. The smallest absolute Gasteiger partial charge is 0.340 e. The Hall–Kier alpha value is -1.06. The Morgan fingerprint density at radius 3 is 2.50 bits per heavy atom. The normalized spacial score (nSPS) is 14.9. The van der Waals surface area contributed by atoms with Crippen molar-refractivity contribution in [1.29, 1.82) is 0 Å². The minimum Gasteiger partial charge on any atom is -0.479 e. The summed E-state index contributed by atoms with van der Waals surface area (Å²) in [7, 11) is 0. The van der Waals surface area contributed by atoms with Crippen LogP contribution in [0.2, 0.25) is 5.02 Å². The van der Waals surface area contributed by atoms with Gasteiger partial charge in [-0.1, -0.05) is 23.7 Å². The van der Waals surface area contributed by atoms with Crippen LogP contribution in [-0.2, 0) is 10.4 Å². The lowest BCUT2D eigenvalue weighted by Crippen LogP contribution is -2.31. The zero-order chi connectivity index (χ0) is 10.9. The van der Waals surface area contributed by atoms with Crippen molar-refractivity contribution in [2.75, 3.05) is 0 Å². The highest BCUT2D eigenvalue weighted by molar-refractivity contribution is 6.31. The van der Waals surface area contributed by atoms with Crippen LogP contribution in [0.4, 0.5) is 0 Å². The first kappa shape index (κ1) is 11.0. The van der Waals surface area contributed by atoms with Crippen LogP contribution in [-0.4, -0.2) is 16.2 Å². The van der Waals surface area contributed by atoms with E-state index in [1.165, 1.54) is 13.0 Å². The summed E-state index contributed by atoms with van der Waals surface area (Å²) in [5.74, 6) is -1.28. The fraction of sp³-hybridized carbons (Fsp3) is 0.300. The van der Waals surface area contributed by atoms with Crippen molar-refractivity contribution in [2.24, 2.45) is 0 Å². The summed E-state index contributed by atoms with van der Waals surface area (Å²) in [5, 5.41) is 19.0. The van der Waals surface area contributed by atoms with Crippen LogP contribution in [0, 0.1) is 6.92 Å². The van der Waals surface area contributed by atoms with E-state index in [1.54, 1.807) is 19.1 Å². The SMILES string of the molecule is Cc1cc(C(C)(O)C(=O)O)ccc1Cl. The average molecular weight is 215 g/mol. The molecule has 1 aromatic rings. The van der Waals surface area contributed by atoms with Crippen LogP contribution in [0.1, 0.15) is 18.1 Å². The molecule has 0 aliphatic carbocycles. The molecule has 14 heavy (non-hydrogen) atoms. The standard InChI is InChI=1S/C10H11ClO3/c1-6-5-7(3-4-8(6)11)10(2,14)9(12)13/h3-5,14H,1-2H3,(H,12,13). The van der Waals surface area contributed by atoms with Crippen LogP contribution in [0.3, 0.4) is 0 Å². The first-order valence-electron chi connectivity index (χ1n) is 4.08. The van der Waals surface area contributed by atoms with E-state index >= 15 is 0 Å². The highest BCUT2D eigenvalue weighted by Gasteiger charge is 2.32. The van der Waals surface area contributed by atoms with E-state index in [2.05, 4.69) is 0 Å². The fourth-order valence-electron chi connectivity index (χ4n) is 1.07. The van der Waals surface area contributed by atoms with Crippen molar-refractivity contribution in [3.05, 3.63) is 34.3 Å². The second-order valence-electron chi connectivity index (χ2n) is 3.34. The highest BCUT2D eigenvalue weighted by atomic mass is 35.5. The topological polar surface area (TPSA) is 57.5 Å². The molecule has 0 fully saturated rings. The number of carboxylic acids is 1. The first-order valence-corrected chi connectivity index (χ1v) is 4.46. The zero-order valence-corrected chi connectivity index (χ0v) is 8.67. The quantitative estimate of drug-likeness (QED) is 0.791. The van der Waals surface area contributed by atoms with Crippen LogP contribution >= 0.6 is 11.6 Å². The molecule has 0 aliphatic rings. The number of benzene rings is 1. The van der Waals surface area contributed by atoms with Gasteiger partial charge in [0.1, 0.15) is 0 Å². The van der Waals surface area contributed by atoms with Gasteiger partial charge in [-0.25, -0.2) is 4.79 Å². The Kier molecular flexibility index (Phi) is 2.83. The van der Waals surface area contributed by atoms with Gasteiger partial charge in [0.25, 0.3) is 0 Å². The number of hydrogen-bond donors (Lipinski definition) is 2. The van der Waals surface area contributed by atoms with Gasteiger partial charge in [0.05, 0.1) is 0 Å². The first-order chi connectivity index (χ1) is 6.35. The summed E-state index contributed by atoms with van der Waals surface area (Å²) in [6, 6.07) is 4.64. The third kappa shape index (κ3) is 1.89. The maximum absolute atomic E-state index is 10.7. The number of rotatable bonds is 2. The third-order valence-corrected chi connectivity index (χ3v) is 2.56. The van der Waals surface area contributed by atoms with Crippen molar-refractivity contribution in [3.8, 4) is 0 Å². The van der Waals surface area contributed by atoms with Gasteiger partial charge >= 0.3 is 5.97 Å². The number of carbonyl (C=O) groups is 1. The average Bonchev–Trinajstić information content (AvgIpc) is 2.09. The summed E-state index contributed by atoms with van der Waals surface area (Å²) in [6.07, 6.45) is 0. The lowest BCUT2D eigenvalue weighted by Gasteiger charge is -2.18. The largest absolute Gasteiger partial charge is 0.479 e. The van der Waals surface area contributed by atoms with E-state index in [0.717, 1.165) is 5.56 Å². The van der Waals surface area contributed by atoms with E-state index in [9.17, 15) is 9.90 Å². The summed E-state index contributed by atoms with van der Waals surface area (Å²) in [5.41, 5.74) is -0.799. The van der Waals surface area contributed by atoms with Gasteiger partial charge in [-0.3, -0.25) is 0 Å². The predicted octanol–water partition coefficient (Wildman–Crippen LogP) is 1.94. The van der Waals surface area contributed by atoms with Crippen LogP contribution < -0.4 is 0 Å². The predicted molar refractivity (Wildman–Crippen MR) is 53.4 cm³/mol.